The zero-order chi connectivity index (χ0) is 19.9. The number of aromatic nitrogens is 2. The Labute approximate surface area is 145 Å². The van der Waals surface area contributed by atoms with Gasteiger partial charge >= 0.3 is 6.18 Å². The van der Waals surface area contributed by atoms with Crippen LogP contribution in [0.3, 0.4) is 0 Å². The number of nitrogen functional groups attached to an aromatic ring is 1. The molecule has 0 radical (unpaired) electrons. The fourth-order valence-corrected chi connectivity index (χ4v) is 1.94. The number of amides is 1. The average Bonchev–Trinajstić information content (AvgIpc) is 2.53. The maximum absolute atomic E-state index is 12.7. The number of nitrogens with one attached hydrogen (secondary N) is 1. The Balaban J connectivity index is 2.81. The van der Waals surface area contributed by atoms with Crippen LogP contribution < -0.4 is 28.1 Å². The lowest BCUT2D eigenvalue weighted by Gasteiger charge is -2.19. The Bertz CT molecular complexity index is 741. The highest BCUT2D eigenvalue weighted by molar-refractivity contribution is 5.92. The van der Waals surface area contributed by atoms with Crippen LogP contribution in [0.4, 0.5) is 18.9 Å². The summed E-state index contributed by atoms with van der Waals surface area (Å²) in [5.74, 6) is -3.35. The van der Waals surface area contributed by atoms with Gasteiger partial charge in [-0.3, -0.25) is 23.9 Å². The number of guanidine groups is 1. The van der Waals surface area contributed by atoms with Crippen LogP contribution in [0.25, 0.3) is 0 Å². The number of nitrogens with zero attached hydrogens (tertiary/aromatic N) is 3. The van der Waals surface area contributed by atoms with E-state index < -0.39 is 36.0 Å². The third-order valence-electron chi connectivity index (χ3n) is 3.12. The quantitative estimate of drug-likeness (QED) is 0.242. The standard InChI is InChI=1S/C13H18F3N7O3/c14-13(15,16)10(25)8(2-1-3-21-12(18)19)22-9(24)5-23-6-20-4-7(17)11(23)26/h4,6,8H,1-3,5,17H2,(H,22,24)(H4,18,19,21). The minimum Gasteiger partial charge on any atom is -0.393 e. The molecule has 0 spiro atoms. The lowest BCUT2D eigenvalue weighted by atomic mass is 10.1. The van der Waals surface area contributed by atoms with Crippen molar-refractivity contribution in [3.05, 3.63) is 22.9 Å². The molecule has 7 N–H and O–H groups in total. The number of Topliss-reactive ketones (excluding diaryl/α,β-unsaturated/α-hetero) is 1. The largest absolute Gasteiger partial charge is 0.452 e. The van der Waals surface area contributed by atoms with Gasteiger partial charge in [0, 0.05) is 6.54 Å². The lowest BCUT2D eigenvalue weighted by Crippen LogP contribution is -2.48. The molecule has 0 aliphatic rings. The van der Waals surface area contributed by atoms with Gasteiger partial charge in [0.05, 0.1) is 18.6 Å². The summed E-state index contributed by atoms with van der Waals surface area (Å²) >= 11 is 0. The van der Waals surface area contributed by atoms with Gasteiger partial charge in [-0.1, -0.05) is 0 Å². The van der Waals surface area contributed by atoms with E-state index in [0.29, 0.717) is 0 Å². The Hall–Kier alpha value is -3.12. The monoisotopic (exact) mass is 377 g/mol. The maximum Gasteiger partial charge on any atom is 0.452 e. The van der Waals surface area contributed by atoms with E-state index in [1.165, 1.54) is 0 Å². The normalized spacial score (nSPS) is 12.3. The molecule has 1 aromatic rings. The van der Waals surface area contributed by atoms with Crippen molar-refractivity contribution < 1.29 is 22.8 Å². The number of rotatable bonds is 8. The predicted octanol–water partition coefficient (Wildman–Crippen LogP) is -1.50. The smallest absolute Gasteiger partial charge is 0.393 e. The van der Waals surface area contributed by atoms with Gasteiger partial charge in [-0.2, -0.15) is 13.2 Å². The van der Waals surface area contributed by atoms with Crippen molar-refractivity contribution in [1.29, 1.82) is 0 Å². The molecule has 1 atom stereocenters. The van der Waals surface area contributed by atoms with E-state index in [-0.39, 0.29) is 31.0 Å². The zero-order valence-corrected chi connectivity index (χ0v) is 13.5. The van der Waals surface area contributed by atoms with Crippen molar-refractivity contribution in [3.8, 4) is 0 Å². The molecule has 10 nitrogen and oxygen atoms in total. The van der Waals surface area contributed by atoms with E-state index in [9.17, 15) is 27.6 Å². The number of aliphatic imine (C=N–C) groups is 1. The van der Waals surface area contributed by atoms with E-state index in [1.54, 1.807) is 0 Å². The van der Waals surface area contributed by atoms with Gasteiger partial charge in [0.2, 0.25) is 5.91 Å². The molecule has 144 valence electrons. The number of nitrogens with two attached hydrogens (primary N) is 3. The molecule has 13 heteroatoms. The van der Waals surface area contributed by atoms with Crippen molar-refractivity contribution in [2.24, 2.45) is 16.5 Å². The lowest BCUT2D eigenvalue weighted by molar-refractivity contribution is -0.174. The number of alkyl halides is 3. The Morgan fingerprint density at radius 2 is 2.00 bits per heavy atom. The van der Waals surface area contributed by atoms with E-state index in [2.05, 4.69) is 9.98 Å². The second kappa shape index (κ2) is 8.82. The molecule has 1 rings (SSSR count). The number of carbonyl (C=O) groups excluding carboxylic acids is 2. The number of halogens is 3. The molecule has 0 fully saturated rings. The predicted molar refractivity (Wildman–Crippen MR) is 85.8 cm³/mol. The third-order valence-corrected chi connectivity index (χ3v) is 3.12. The van der Waals surface area contributed by atoms with Crippen molar-refractivity contribution in [2.45, 2.75) is 31.6 Å². The molecule has 1 heterocycles. The minimum absolute atomic E-state index is 0.0154. The molecule has 0 saturated carbocycles. The molecule has 1 amide bonds. The Morgan fingerprint density at radius 1 is 1.35 bits per heavy atom. The average molecular weight is 377 g/mol. The summed E-state index contributed by atoms with van der Waals surface area (Å²) in [6.45, 7) is -0.662. The molecular formula is C13H18F3N7O3. The molecule has 0 aromatic carbocycles. The van der Waals surface area contributed by atoms with Gasteiger partial charge in [-0.25, -0.2) is 4.98 Å². The maximum atomic E-state index is 12.7. The number of hydrogen-bond acceptors (Lipinski definition) is 6. The summed E-state index contributed by atoms with van der Waals surface area (Å²) in [6, 6.07) is -1.83. The molecule has 0 aliphatic heterocycles. The summed E-state index contributed by atoms with van der Waals surface area (Å²) in [5, 5.41) is 1.96. The molecule has 0 aliphatic carbocycles. The van der Waals surface area contributed by atoms with Crippen LogP contribution in [0, 0.1) is 0 Å². The van der Waals surface area contributed by atoms with Crippen LogP contribution in [0.1, 0.15) is 12.8 Å². The minimum atomic E-state index is -5.14. The van der Waals surface area contributed by atoms with E-state index in [1.807, 2.05) is 5.32 Å². The first-order chi connectivity index (χ1) is 12.0. The van der Waals surface area contributed by atoms with Gasteiger partial charge < -0.3 is 22.5 Å². The van der Waals surface area contributed by atoms with E-state index in [4.69, 9.17) is 17.2 Å². The fraction of sp³-hybridized carbons (Fsp3) is 0.462. The Kier molecular flexibility index (Phi) is 7.10. The highest BCUT2D eigenvalue weighted by Crippen LogP contribution is 2.20. The first kappa shape index (κ1) is 20.9. The van der Waals surface area contributed by atoms with Gasteiger partial charge in [0.1, 0.15) is 12.2 Å². The highest BCUT2D eigenvalue weighted by atomic mass is 19.4. The van der Waals surface area contributed by atoms with Crippen molar-refractivity contribution in [3.63, 3.8) is 0 Å². The fourth-order valence-electron chi connectivity index (χ4n) is 1.94. The van der Waals surface area contributed by atoms with Crippen LogP contribution in [0.5, 0.6) is 0 Å². The summed E-state index contributed by atoms with van der Waals surface area (Å²) in [4.78, 5) is 42.3. The molecule has 1 unspecified atom stereocenters. The molecule has 0 bridgehead atoms. The second-order valence-corrected chi connectivity index (χ2v) is 5.21. The summed E-state index contributed by atoms with van der Waals surface area (Å²) < 4.78 is 38.8. The first-order valence-electron chi connectivity index (χ1n) is 7.28. The number of anilines is 1. The molecular weight excluding hydrogens is 359 g/mol. The summed E-state index contributed by atoms with van der Waals surface area (Å²) in [6.07, 6.45) is -3.40. The van der Waals surface area contributed by atoms with Crippen molar-refractivity contribution >= 4 is 23.3 Å². The number of hydrogen-bond donors (Lipinski definition) is 4. The second-order valence-electron chi connectivity index (χ2n) is 5.21. The zero-order valence-electron chi connectivity index (χ0n) is 13.5. The first-order valence-corrected chi connectivity index (χ1v) is 7.28. The van der Waals surface area contributed by atoms with Gasteiger partial charge in [-0.05, 0) is 12.8 Å². The number of carbonyl (C=O) groups is 2. The molecule has 0 saturated heterocycles. The molecule has 1 aromatic heterocycles. The van der Waals surface area contributed by atoms with Crippen LogP contribution in [0.15, 0.2) is 22.3 Å². The van der Waals surface area contributed by atoms with Crippen LogP contribution in [-0.4, -0.2) is 46.0 Å². The van der Waals surface area contributed by atoms with Crippen LogP contribution in [-0.2, 0) is 16.1 Å². The highest BCUT2D eigenvalue weighted by Gasteiger charge is 2.43. The Morgan fingerprint density at radius 3 is 2.58 bits per heavy atom. The summed E-state index contributed by atoms with van der Waals surface area (Å²) in [5.41, 5.74) is 14.6. The van der Waals surface area contributed by atoms with Gasteiger partial charge in [0.15, 0.2) is 5.96 Å². The summed E-state index contributed by atoms with van der Waals surface area (Å²) in [7, 11) is 0. The third kappa shape index (κ3) is 6.41. The SMILES string of the molecule is NC(N)=NCCCC(NC(=O)Cn1cncc(N)c1=O)C(=O)C(F)(F)F. The van der Waals surface area contributed by atoms with Crippen molar-refractivity contribution in [2.75, 3.05) is 12.3 Å². The van der Waals surface area contributed by atoms with Crippen molar-refractivity contribution in [1.82, 2.24) is 14.9 Å². The number of ketones is 1. The topological polar surface area (TPSA) is 171 Å². The van der Waals surface area contributed by atoms with E-state index >= 15 is 0 Å². The van der Waals surface area contributed by atoms with Gasteiger partial charge in [-0.15, -0.1) is 0 Å². The van der Waals surface area contributed by atoms with Gasteiger partial charge in [0.25, 0.3) is 11.3 Å². The van der Waals surface area contributed by atoms with Crippen LogP contribution in [0.2, 0.25) is 0 Å². The van der Waals surface area contributed by atoms with Crippen LogP contribution >= 0.6 is 0 Å². The van der Waals surface area contributed by atoms with E-state index in [0.717, 1.165) is 17.1 Å². The molecule has 26 heavy (non-hydrogen) atoms.